The van der Waals surface area contributed by atoms with Crippen molar-refractivity contribution in [1.29, 1.82) is 0 Å². The van der Waals surface area contributed by atoms with E-state index in [1.54, 1.807) is 0 Å². The fraction of sp³-hybridized carbons (Fsp3) is 0.900. The molecule has 1 aliphatic rings. The van der Waals surface area contributed by atoms with Gasteiger partial charge in [0.1, 0.15) is 0 Å². The lowest BCUT2D eigenvalue weighted by Crippen LogP contribution is -2.48. The summed E-state index contributed by atoms with van der Waals surface area (Å²) in [6.07, 6.45) is 3.44. The summed E-state index contributed by atoms with van der Waals surface area (Å²) >= 11 is 0. The molecule has 0 aromatic heterocycles. The van der Waals surface area contributed by atoms with Gasteiger partial charge in [0.15, 0.2) is 0 Å². The molecule has 2 atom stereocenters. The van der Waals surface area contributed by atoms with Gasteiger partial charge in [0, 0.05) is 6.54 Å². The number of rotatable bonds is 4. The molecule has 1 unspecified atom stereocenters. The topological polar surface area (TPSA) is 61.4 Å². The van der Waals surface area contributed by atoms with Crippen molar-refractivity contribution in [1.82, 2.24) is 10.6 Å². The second-order valence-electron chi connectivity index (χ2n) is 3.81. The summed E-state index contributed by atoms with van der Waals surface area (Å²) in [5.74, 6) is 0.0252. The highest BCUT2D eigenvalue weighted by Crippen LogP contribution is 2.06. The van der Waals surface area contributed by atoms with Crippen LogP contribution in [0.25, 0.3) is 0 Å². The van der Waals surface area contributed by atoms with Crippen LogP contribution in [0.5, 0.6) is 0 Å². The third kappa shape index (κ3) is 3.64. The maximum Gasteiger partial charge on any atom is 0.237 e. The number of piperidine rings is 1. The minimum atomic E-state index is -0.414. The van der Waals surface area contributed by atoms with E-state index < -0.39 is 6.10 Å². The normalized spacial score (nSPS) is 24.3. The predicted octanol–water partition coefficient (Wildman–Crippen LogP) is 0.0156. The number of nitrogens with one attached hydrogen (secondary N) is 2. The number of aliphatic hydroxyl groups excluding tert-OH is 1. The maximum atomic E-state index is 11.5. The zero-order valence-corrected chi connectivity index (χ0v) is 8.75. The molecule has 14 heavy (non-hydrogen) atoms. The van der Waals surface area contributed by atoms with Gasteiger partial charge in [0.2, 0.25) is 5.91 Å². The van der Waals surface area contributed by atoms with Crippen molar-refractivity contribution in [3.63, 3.8) is 0 Å². The molecular formula is C10H20N2O2. The summed E-state index contributed by atoms with van der Waals surface area (Å²) in [7, 11) is 0. The summed E-state index contributed by atoms with van der Waals surface area (Å²) in [5.41, 5.74) is 0. The Morgan fingerprint density at radius 1 is 1.64 bits per heavy atom. The van der Waals surface area contributed by atoms with Crippen LogP contribution >= 0.6 is 0 Å². The molecule has 1 fully saturated rings. The van der Waals surface area contributed by atoms with Crippen LogP contribution in [0.3, 0.4) is 0 Å². The van der Waals surface area contributed by atoms with Gasteiger partial charge in [-0.2, -0.15) is 0 Å². The molecule has 0 aromatic rings. The smallest absolute Gasteiger partial charge is 0.237 e. The van der Waals surface area contributed by atoms with Gasteiger partial charge in [-0.25, -0.2) is 0 Å². The van der Waals surface area contributed by atoms with Gasteiger partial charge < -0.3 is 15.7 Å². The zero-order valence-electron chi connectivity index (χ0n) is 8.75. The van der Waals surface area contributed by atoms with Crippen molar-refractivity contribution in [3.05, 3.63) is 0 Å². The SMILES string of the molecule is CCC(O)CNC(=O)[C@H]1CCCCN1. The van der Waals surface area contributed by atoms with E-state index in [-0.39, 0.29) is 11.9 Å². The third-order valence-corrected chi connectivity index (χ3v) is 2.61. The summed E-state index contributed by atoms with van der Waals surface area (Å²) < 4.78 is 0. The Kier molecular flexibility index (Phi) is 4.90. The van der Waals surface area contributed by atoms with Crippen LogP contribution in [0.15, 0.2) is 0 Å². The Labute approximate surface area is 85.1 Å². The van der Waals surface area contributed by atoms with Crippen LogP contribution < -0.4 is 10.6 Å². The molecule has 0 saturated carbocycles. The highest BCUT2D eigenvalue weighted by atomic mass is 16.3. The standard InChI is InChI=1S/C10H20N2O2/c1-2-8(13)7-12-10(14)9-5-3-4-6-11-9/h8-9,11,13H,2-7H2,1H3,(H,12,14)/t8?,9-/m1/s1. The fourth-order valence-corrected chi connectivity index (χ4v) is 1.56. The minimum absolute atomic E-state index is 0.0252. The average molecular weight is 200 g/mol. The van der Waals surface area contributed by atoms with Crippen LogP contribution in [-0.2, 0) is 4.79 Å². The van der Waals surface area contributed by atoms with Gasteiger partial charge in [0.05, 0.1) is 12.1 Å². The number of amides is 1. The number of hydrogen-bond acceptors (Lipinski definition) is 3. The molecule has 3 N–H and O–H groups in total. The van der Waals surface area contributed by atoms with Gasteiger partial charge >= 0.3 is 0 Å². The molecule has 1 amide bonds. The molecule has 0 bridgehead atoms. The quantitative estimate of drug-likeness (QED) is 0.599. The molecule has 0 aliphatic carbocycles. The van der Waals surface area contributed by atoms with Gasteiger partial charge in [-0.3, -0.25) is 4.79 Å². The fourth-order valence-electron chi connectivity index (χ4n) is 1.56. The van der Waals surface area contributed by atoms with E-state index in [9.17, 15) is 9.90 Å². The molecule has 0 spiro atoms. The first-order valence-corrected chi connectivity index (χ1v) is 5.43. The van der Waals surface area contributed by atoms with E-state index in [1.165, 1.54) is 0 Å². The minimum Gasteiger partial charge on any atom is -0.391 e. The summed E-state index contributed by atoms with van der Waals surface area (Å²) in [5, 5.41) is 15.2. The van der Waals surface area contributed by atoms with Crippen LogP contribution in [0.1, 0.15) is 32.6 Å². The van der Waals surface area contributed by atoms with E-state index in [0.29, 0.717) is 13.0 Å². The lowest BCUT2D eigenvalue weighted by atomic mass is 10.0. The van der Waals surface area contributed by atoms with Crippen molar-refractivity contribution < 1.29 is 9.90 Å². The molecule has 4 heteroatoms. The Bertz CT molecular complexity index is 179. The highest BCUT2D eigenvalue weighted by molar-refractivity contribution is 5.81. The first-order chi connectivity index (χ1) is 6.74. The lowest BCUT2D eigenvalue weighted by molar-refractivity contribution is -0.124. The van der Waals surface area contributed by atoms with E-state index in [1.807, 2.05) is 6.92 Å². The zero-order chi connectivity index (χ0) is 10.4. The third-order valence-electron chi connectivity index (χ3n) is 2.61. The second kappa shape index (κ2) is 5.98. The van der Waals surface area contributed by atoms with E-state index in [2.05, 4.69) is 10.6 Å². The largest absolute Gasteiger partial charge is 0.391 e. The van der Waals surface area contributed by atoms with Crippen LogP contribution in [-0.4, -0.2) is 36.2 Å². The average Bonchev–Trinajstić information content (AvgIpc) is 2.26. The molecule has 4 nitrogen and oxygen atoms in total. The lowest BCUT2D eigenvalue weighted by Gasteiger charge is -2.23. The summed E-state index contributed by atoms with van der Waals surface area (Å²) in [6, 6.07) is -0.0483. The first-order valence-electron chi connectivity index (χ1n) is 5.43. The first kappa shape index (κ1) is 11.5. The summed E-state index contributed by atoms with van der Waals surface area (Å²) in [4.78, 5) is 11.5. The Morgan fingerprint density at radius 2 is 2.43 bits per heavy atom. The van der Waals surface area contributed by atoms with Crippen molar-refractivity contribution in [2.45, 2.75) is 44.8 Å². The highest BCUT2D eigenvalue weighted by Gasteiger charge is 2.20. The number of hydrogen-bond donors (Lipinski definition) is 3. The molecule has 1 rings (SSSR count). The van der Waals surface area contributed by atoms with Crippen molar-refractivity contribution in [3.8, 4) is 0 Å². The van der Waals surface area contributed by atoms with E-state index in [4.69, 9.17) is 0 Å². The predicted molar refractivity (Wildman–Crippen MR) is 54.9 cm³/mol. The van der Waals surface area contributed by atoms with Crippen molar-refractivity contribution in [2.24, 2.45) is 0 Å². The molecule has 82 valence electrons. The van der Waals surface area contributed by atoms with Crippen LogP contribution in [0, 0.1) is 0 Å². The molecular weight excluding hydrogens is 180 g/mol. The van der Waals surface area contributed by atoms with Crippen LogP contribution in [0.4, 0.5) is 0 Å². The maximum absolute atomic E-state index is 11.5. The van der Waals surface area contributed by atoms with Gasteiger partial charge in [-0.1, -0.05) is 13.3 Å². The molecule has 1 saturated heterocycles. The molecule has 1 aliphatic heterocycles. The van der Waals surface area contributed by atoms with Gasteiger partial charge in [-0.15, -0.1) is 0 Å². The Hall–Kier alpha value is -0.610. The molecule has 1 heterocycles. The van der Waals surface area contributed by atoms with Crippen LogP contribution in [0.2, 0.25) is 0 Å². The Balaban J connectivity index is 2.19. The summed E-state index contributed by atoms with van der Waals surface area (Å²) in [6.45, 7) is 3.19. The monoisotopic (exact) mass is 200 g/mol. The Morgan fingerprint density at radius 3 is 3.00 bits per heavy atom. The molecule has 0 aromatic carbocycles. The van der Waals surface area contributed by atoms with Gasteiger partial charge in [0.25, 0.3) is 0 Å². The van der Waals surface area contributed by atoms with Gasteiger partial charge in [-0.05, 0) is 25.8 Å². The van der Waals surface area contributed by atoms with Crippen molar-refractivity contribution >= 4 is 5.91 Å². The number of carbonyl (C=O) groups is 1. The van der Waals surface area contributed by atoms with E-state index >= 15 is 0 Å². The van der Waals surface area contributed by atoms with E-state index in [0.717, 1.165) is 25.8 Å². The van der Waals surface area contributed by atoms with Crippen molar-refractivity contribution in [2.75, 3.05) is 13.1 Å². The second-order valence-corrected chi connectivity index (χ2v) is 3.81. The molecule has 0 radical (unpaired) electrons. The number of carbonyl (C=O) groups excluding carboxylic acids is 1. The number of aliphatic hydroxyl groups is 1.